The minimum Gasteiger partial charge on any atom is -0.389 e. The second kappa shape index (κ2) is 4.73. The standard InChI is InChI=1S/C11H20ClN3O/c1-8-9(10(12)15(5)13-8)6-14(4)7-11(2,3)16/h16H,6-7H2,1-5H3. The minimum absolute atomic E-state index is 0.595. The van der Waals surface area contributed by atoms with Crippen LogP contribution in [0, 0.1) is 6.92 Å². The first-order valence-corrected chi connectivity index (χ1v) is 5.67. The summed E-state index contributed by atoms with van der Waals surface area (Å²) < 4.78 is 1.67. The third kappa shape index (κ3) is 3.47. The molecule has 4 nitrogen and oxygen atoms in total. The van der Waals surface area contributed by atoms with E-state index in [0.29, 0.717) is 18.2 Å². The van der Waals surface area contributed by atoms with Gasteiger partial charge in [0.15, 0.2) is 0 Å². The second-order valence-electron chi connectivity index (χ2n) is 4.96. The molecular formula is C11H20ClN3O. The lowest BCUT2D eigenvalue weighted by Crippen LogP contribution is -2.35. The van der Waals surface area contributed by atoms with Gasteiger partial charge in [0, 0.05) is 25.7 Å². The van der Waals surface area contributed by atoms with E-state index in [-0.39, 0.29) is 0 Å². The molecule has 0 saturated heterocycles. The zero-order chi connectivity index (χ0) is 12.5. The summed E-state index contributed by atoms with van der Waals surface area (Å²) in [6, 6.07) is 0. The molecule has 0 unspecified atom stereocenters. The molecule has 1 aromatic heterocycles. The molecular weight excluding hydrogens is 226 g/mol. The van der Waals surface area contributed by atoms with Gasteiger partial charge < -0.3 is 5.11 Å². The van der Waals surface area contributed by atoms with Crippen LogP contribution in [0.4, 0.5) is 0 Å². The fourth-order valence-electron chi connectivity index (χ4n) is 1.84. The van der Waals surface area contributed by atoms with Gasteiger partial charge in [0.1, 0.15) is 5.15 Å². The van der Waals surface area contributed by atoms with Crippen LogP contribution in [0.1, 0.15) is 25.1 Å². The highest BCUT2D eigenvalue weighted by Gasteiger charge is 2.18. The molecule has 0 radical (unpaired) electrons. The number of rotatable bonds is 4. The molecule has 5 heteroatoms. The van der Waals surface area contributed by atoms with Crippen molar-refractivity contribution in [2.24, 2.45) is 7.05 Å². The fourth-order valence-corrected chi connectivity index (χ4v) is 2.07. The van der Waals surface area contributed by atoms with Crippen LogP contribution in [-0.4, -0.2) is 39.0 Å². The van der Waals surface area contributed by atoms with E-state index in [1.165, 1.54) is 0 Å². The minimum atomic E-state index is -0.697. The number of nitrogens with zero attached hydrogens (tertiary/aromatic N) is 3. The number of hydrogen-bond donors (Lipinski definition) is 1. The van der Waals surface area contributed by atoms with Crippen molar-refractivity contribution in [1.29, 1.82) is 0 Å². The van der Waals surface area contributed by atoms with Crippen LogP contribution in [0.25, 0.3) is 0 Å². The molecule has 92 valence electrons. The molecule has 0 aliphatic rings. The zero-order valence-electron chi connectivity index (χ0n) is 10.6. The van der Waals surface area contributed by atoms with Crippen molar-refractivity contribution in [3.8, 4) is 0 Å². The average molecular weight is 246 g/mol. The van der Waals surface area contributed by atoms with Crippen molar-refractivity contribution in [2.45, 2.75) is 32.9 Å². The monoisotopic (exact) mass is 245 g/mol. The molecule has 0 aliphatic heterocycles. The Bertz CT molecular complexity index is 368. The molecule has 1 rings (SSSR count). The van der Waals surface area contributed by atoms with Gasteiger partial charge in [-0.15, -0.1) is 0 Å². The Morgan fingerprint density at radius 1 is 1.50 bits per heavy atom. The number of halogens is 1. The normalized spacial score (nSPS) is 12.5. The van der Waals surface area contributed by atoms with Crippen LogP contribution in [0.15, 0.2) is 0 Å². The summed E-state index contributed by atoms with van der Waals surface area (Å²) >= 11 is 6.14. The Morgan fingerprint density at radius 2 is 2.06 bits per heavy atom. The summed E-state index contributed by atoms with van der Waals surface area (Å²) in [6.07, 6.45) is 0. The predicted octanol–water partition coefficient (Wildman–Crippen LogP) is 1.58. The highest BCUT2D eigenvalue weighted by atomic mass is 35.5. The van der Waals surface area contributed by atoms with E-state index in [1.807, 2.05) is 25.9 Å². The first-order valence-electron chi connectivity index (χ1n) is 5.29. The molecule has 0 bridgehead atoms. The van der Waals surface area contributed by atoms with Gasteiger partial charge in [0.2, 0.25) is 0 Å². The Hall–Kier alpha value is -0.580. The lowest BCUT2D eigenvalue weighted by molar-refractivity contribution is 0.0424. The molecule has 1 heterocycles. The van der Waals surface area contributed by atoms with Gasteiger partial charge >= 0.3 is 0 Å². The molecule has 0 amide bonds. The van der Waals surface area contributed by atoms with Crippen LogP contribution in [0.5, 0.6) is 0 Å². The van der Waals surface area contributed by atoms with Crippen molar-refractivity contribution in [3.63, 3.8) is 0 Å². The van der Waals surface area contributed by atoms with Crippen molar-refractivity contribution in [3.05, 3.63) is 16.4 Å². The van der Waals surface area contributed by atoms with Crippen LogP contribution in [0.2, 0.25) is 5.15 Å². The maximum atomic E-state index is 9.71. The topological polar surface area (TPSA) is 41.3 Å². The summed E-state index contributed by atoms with van der Waals surface area (Å²) in [6.45, 7) is 6.82. The number of aromatic nitrogens is 2. The Balaban J connectivity index is 2.73. The van der Waals surface area contributed by atoms with E-state index in [1.54, 1.807) is 18.5 Å². The summed E-state index contributed by atoms with van der Waals surface area (Å²) in [5, 5.41) is 14.6. The molecule has 1 N–H and O–H groups in total. The number of likely N-dealkylation sites (N-methyl/N-ethyl adjacent to an activating group) is 1. The largest absolute Gasteiger partial charge is 0.389 e. The van der Waals surface area contributed by atoms with Crippen LogP contribution in [-0.2, 0) is 13.6 Å². The third-order valence-electron chi connectivity index (χ3n) is 2.35. The molecule has 0 saturated carbocycles. The van der Waals surface area contributed by atoms with Crippen molar-refractivity contribution in [2.75, 3.05) is 13.6 Å². The Kier molecular flexibility index (Phi) is 3.99. The van der Waals surface area contributed by atoms with E-state index in [0.717, 1.165) is 11.3 Å². The van der Waals surface area contributed by atoms with E-state index in [9.17, 15) is 5.11 Å². The van der Waals surface area contributed by atoms with Crippen LogP contribution in [0.3, 0.4) is 0 Å². The van der Waals surface area contributed by atoms with Gasteiger partial charge in [-0.1, -0.05) is 11.6 Å². The number of aryl methyl sites for hydroxylation is 2. The predicted molar refractivity (Wildman–Crippen MR) is 65.6 cm³/mol. The number of hydrogen-bond acceptors (Lipinski definition) is 3. The lowest BCUT2D eigenvalue weighted by Gasteiger charge is -2.25. The Morgan fingerprint density at radius 3 is 2.44 bits per heavy atom. The zero-order valence-corrected chi connectivity index (χ0v) is 11.3. The first kappa shape index (κ1) is 13.5. The molecule has 0 atom stereocenters. The van der Waals surface area contributed by atoms with Gasteiger partial charge in [-0.3, -0.25) is 9.58 Å². The highest BCUT2D eigenvalue weighted by molar-refractivity contribution is 6.30. The SMILES string of the molecule is Cc1nn(C)c(Cl)c1CN(C)CC(C)(C)O. The molecule has 0 aromatic carbocycles. The van der Waals surface area contributed by atoms with Gasteiger partial charge in [0.25, 0.3) is 0 Å². The molecule has 16 heavy (non-hydrogen) atoms. The van der Waals surface area contributed by atoms with Crippen LogP contribution >= 0.6 is 11.6 Å². The van der Waals surface area contributed by atoms with Crippen LogP contribution < -0.4 is 0 Å². The lowest BCUT2D eigenvalue weighted by atomic mass is 10.1. The maximum absolute atomic E-state index is 9.71. The quantitative estimate of drug-likeness (QED) is 0.876. The van der Waals surface area contributed by atoms with Gasteiger partial charge in [0.05, 0.1) is 11.3 Å². The van der Waals surface area contributed by atoms with Gasteiger partial charge in [-0.25, -0.2) is 0 Å². The summed E-state index contributed by atoms with van der Waals surface area (Å²) in [5.74, 6) is 0. The third-order valence-corrected chi connectivity index (χ3v) is 2.83. The average Bonchev–Trinajstić information content (AvgIpc) is 2.29. The second-order valence-corrected chi connectivity index (χ2v) is 5.32. The molecule has 0 spiro atoms. The van der Waals surface area contributed by atoms with E-state index >= 15 is 0 Å². The van der Waals surface area contributed by atoms with Crippen molar-refractivity contribution >= 4 is 11.6 Å². The fraction of sp³-hybridized carbons (Fsp3) is 0.727. The van der Waals surface area contributed by atoms with Crippen molar-refractivity contribution in [1.82, 2.24) is 14.7 Å². The molecule has 0 aliphatic carbocycles. The van der Waals surface area contributed by atoms with Crippen molar-refractivity contribution < 1.29 is 5.11 Å². The van der Waals surface area contributed by atoms with E-state index < -0.39 is 5.60 Å². The summed E-state index contributed by atoms with van der Waals surface area (Å²) in [4.78, 5) is 2.04. The molecule has 0 fully saturated rings. The highest BCUT2D eigenvalue weighted by Crippen LogP contribution is 2.20. The smallest absolute Gasteiger partial charge is 0.131 e. The maximum Gasteiger partial charge on any atom is 0.131 e. The first-order chi connectivity index (χ1) is 7.20. The van der Waals surface area contributed by atoms with Gasteiger partial charge in [-0.05, 0) is 27.8 Å². The van der Waals surface area contributed by atoms with E-state index in [4.69, 9.17) is 11.6 Å². The Labute approximate surface area is 102 Å². The van der Waals surface area contributed by atoms with Gasteiger partial charge in [-0.2, -0.15) is 5.10 Å². The van der Waals surface area contributed by atoms with E-state index in [2.05, 4.69) is 5.10 Å². The summed E-state index contributed by atoms with van der Waals surface area (Å²) in [7, 11) is 3.79. The number of aliphatic hydroxyl groups is 1. The molecule has 1 aromatic rings. The summed E-state index contributed by atoms with van der Waals surface area (Å²) in [5.41, 5.74) is 1.27.